The second-order valence-corrected chi connectivity index (χ2v) is 5.64. The number of nitrogens with zero attached hydrogens (tertiary/aromatic N) is 1. The van der Waals surface area contributed by atoms with Crippen molar-refractivity contribution in [2.24, 2.45) is 0 Å². The van der Waals surface area contributed by atoms with Crippen LogP contribution in [0.15, 0.2) is 24.3 Å². The van der Waals surface area contributed by atoms with Crippen LogP contribution in [0.4, 0.5) is 10.5 Å². The third-order valence-corrected chi connectivity index (χ3v) is 4.14. The average molecular weight is 303 g/mol. The number of carbonyl (C=O) groups excluding carboxylic acids is 2. The SMILES string of the molecule is O=C(NCC(=O)N1CCc2ccccc21)NC1CCOCC1. The summed E-state index contributed by atoms with van der Waals surface area (Å²) in [6.45, 7) is 2.05. The van der Waals surface area contributed by atoms with Gasteiger partial charge < -0.3 is 20.3 Å². The lowest BCUT2D eigenvalue weighted by molar-refractivity contribution is -0.117. The van der Waals surface area contributed by atoms with Crippen LogP contribution in [0.2, 0.25) is 0 Å². The summed E-state index contributed by atoms with van der Waals surface area (Å²) in [5.74, 6) is -0.0768. The molecule has 0 unspecified atom stereocenters. The first-order valence-corrected chi connectivity index (χ1v) is 7.74. The van der Waals surface area contributed by atoms with Crippen LogP contribution in [0.25, 0.3) is 0 Å². The number of anilines is 1. The second-order valence-electron chi connectivity index (χ2n) is 5.64. The van der Waals surface area contributed by atoms with E-state index in [0.717, 1.165) is 24.9 Å². The van der Waals surface area contributed by atoms with Gasteiger partial charge in [0.05, 0.1) is 6.54 Å². The predicted molar refractivity (Wildman–Crippen MR) is 82.9 cm³/mol. The van der Waals surface area contributed by atoms with E-state index in [9.17, 15) is 9.59 Å². The molecule has 1 aromatic carbocycles. The van der Waals surface area contributed by atoms with Gasteiger partial charge in [-0.25, -0.2) is 4.79 Å². The highest BCUT2D eigenvalue weighted by Crippen LogP contribution is 2.27. The Hall–Kier alpha value is -2.08. The first-order valence-electron chi connectivity index (χ1n) is 7.74. The summed E-state index contributed by atoms with van der Waals surface area (Å²) in [6, 6.07) is 7.74. The predicted octanol–water partition coefficient (Wildman–Crippen LogP) is 1.05. The van der Waals surface area contributed by atoms with Crippen molar-refractivity contribution in [2.75, 3.05) is 31.2 Å². The third kappa shape index (κ3) is 3.39. The number of para-hydroxylation sites is 1. The van der Waals surface area contributed by atoms with Crippen molar-refractivity contribution in [3.05, 3.63) is 29.8 Å². The van der Waals surface area contributed by atoms with Crippen LogP contribution in [-0.4, -0.2) is 44.3 Å². The normalized spacial score (nSPS) is 17.9. The molecule has 3 amide bonds. The molecule has 0 radical (unpaired) electrons. The highest BCUT2D eigenvalue weighted by molar-refractivity contribution is 5.98. The van der Waals surface area contributed by atoms with Crippen LogP contribution >= 0.6 is 0 Å². The van der Waals surface area contributed by atoms with E-state index in [1.54, 1.807) is 4.90 Å². The van der Waals surface area contributed by atoms with Crippen molar-refractivity contribution in [1.82, 2.24) is 10.6 Å². The Morgan fingerprint density at radius 3 is 2.82 bits per heavy atom. The van der Waals surface area contributed by atoms with Crippen molar-refractivity contribution < 1.29 is 14.3 Å². The van der Waals surface area contributed by atoms with Crippen molar-refractivity contribution >= 4 is 17.6 Å². The van der Waals surface area contributed by atoms with E-state index in [-0.39, 0.29) is 24.5 Å². The van der Waals surface area contributed by atoms with Crippen LogP contribution in [0.5, 0.6) is 0 Å². The van der Waals surface area contributed by atoms with Gasteiger partial charge in [-0.3, -0.25) is 4.79 Å². The molecule has 22 heavy (non-hydrogen) atoms. The number of amides is 3. The minimum Gasteiger partial charge on any atom is -0.381 e. The van der Waals surface area contributed by atoms with Crippen molar-refractivity contribution in [3.63, 3.8) is 0 Å². The zero-order valence-electron chi connectivity index (χ0n) is 12.5. The molecular formula is C16H21N3O3. The maximum absolute atomic E-state index is 12.3. The van der Waals surface area contributed by atoms with Gasteiger partial charge in [0.15, 0.2) is 0 Å². The van der Waals surface area contributed by atoms with E-state index in [0.29, 0.717) is 19.8 Å². The van der Waals surface area contributed by atoms with Gasteiger partial charge in [0.25, 0.3) is 0 Å². The molecule has 3 rings (SSSR count). The van der Waals surface area contributed by atoms with E-state index in [2.05, 4.69) is 10.6 Å². The van der Waals surface area contributed by atoms with E-state index in [1.165, 1.54) is 5.56 Å². The number of ether oxygens (including phenoxy) is 1. The van der Waals surface area contributed by atoms with Crippen molar-refractivity contribution in [1.29, 1.82) is 0 Å². The van der Waals surface area contributed by atoms with Crippen LogP contribution in [-0.2, 0) is 16.0 Å². The lowest BCUT2D eigenvalue weighted by atomic mass is 10.1. The third-order valence-electron chi connectivity index (χ3n) is 4.14. The van der Waals surface area contributed by atoms with Gasteiger partial charge in [-0.15, -0.1) is 0 Å². The van der Waals surface area contributed by atoms with Gasteiger partial charge in [0.1, 0.15) is 0 Å². The Kier molecular flexibility index (Phi) is 4.58. The maximum atomic E-state index is 12.3. The first-order chi connectivity index (χ1) is 10.7. The second kappa shape index (κ2) is 6.79. The highest BCUT2D eigenvalue weighted by atomic mass is 16.5. The number of hydrogen-bond donors (Lipinski definition) is 2. The maximum Gasteiger partial charge on any atom is 0.315 e. The molecule has 2 heterocycles. The molecule has 118 valence electrons. The molecule has 0 saturated carbocycles. The Morgan fingerprint density at radius 2 is 2.00 bits per heavy atom. The van der Waals surface area contributed by atoms with E-state index < -0.39 is 0 Å². The summed E-state index contributed by atoms with van der Waals surface area (Å²) in [7, 11) is 0. The fourth-order valence-electron chi connectivity index (χ4n) is 2.93. The Balaban J connectivity index is 1.47. The van der Waals surface area contributed by atoms with E-state index >= 15 is 0 Å². The molecule has 6 heteroatoms. The van der Waals surface area contributed by atoms with E-state index in [1.807, 2.05) is 24.3 Å². The largest absolute Gasteiger partial charge is 0.381 e. The van der Waals surface area contributed by atoms with E-state index in [4.69, 9.17) is 4.74 Å². The van der Waals surface area contributed by atoms with Crippen LogP contribution in [0.3, 0.4) is 0 Å². The topological polar surface area (TPSA) is 70.7 Å². The summed E-state index contributed by atoms with van der Waals surface area (Å²) in [6.07, 6.45) is 2.51. The lowest BCUT2D eigenvalue weighted by Crippen LogP contribution is -2.47. The molecule has 2 aliphatic heterocycles. The van der Waals surface area contributed by atoms with Gasteiger partial charge in [0, 0.05) is 31.5 Å². The van der Waals surface area contributed by atoms with Gasteiger partial charge in [-0.05, 0) is 30.9 Å². The molecule has 2 N–H and O–H groups in total. The average Bonchev–Trinajstić information content (AvgIpc) is 2.98. The number of carbonyl (C=O) groups is 2. The van der Waals surface area contributed by atoms with Gasteiger partial charge in [-0.2, -0.15) is 0 Å². The zero-order valence-corrected chi connectivity index (χ0v) is 12.5. The molecule has 0 bridgehead atoms. The molecular weight excluding hydrogens is 282 g/mol. The lowest BCUT2D eigenvalue weighted by Gasteiger charge is -2.23. The molecule has 2 aliphatic rings. The molecule has 1 fully saturated rings. The first kappa shape index (κ1) is 14.8. The molecule has 1 saturated heterocycles. The van der Waals surface area contributed by atoms with Gasteiger partial charge in [0.2, 0.25) is 5.91 Å². The zero-order chi connectivity index (χ0) is 15.4. The highest BCUT2D eigenvalue weighted by Gasteiger charge is 2.24. The summed E-state index contributed by atoms with van der Waals surface area (Å²) < 4.78 is 5.25. The molecule has 0 aliphatic carbocycles. The Labute approximate surface area is 129 Å². The quantitative estimate of drug-likeness (QED) is 0.877. The molecule has 6 nitrogen and oxygen atoms in total. The standard InChI is InChI=1S/C16H21N3O3/c20-15(19-8-5-12-3-1-2-4-14(12)19)11-17-16(21)18-13-6-9-22-10-7-13/h1-4,13H,5-11H2,(H2,17,18,21). The number of rotatable bonds is 3. The summed E-state index contributed by atoms with van der Waals surface area (Å²) in [5, 5.41) is 5.54. The van der Waals surface area contributed by atoms with Gasteiger partial charge in [-0.1, -0.05) is 18.2 Å². The van der Waals surface area contributed by atoms with Crippen LogP contribution in [0.1, 0.15) is 18.4 Å². The minimum absolute atomic E-state index is 0.0172. The molecule has 0 atom stereocenters. The number of benzene rings is 1. The molecule has 0 aromatic heterocycles. The fourth-order valence-corrected chi connectivity index (χ4v) is 2.93. The van der Waals surface area contributed by atoms with Crippen molar-refractivity contribution in [3.8, 4) is 0 Å². The molecule has 0 spiro atoms. The van der Waals surface area contributed by atoms with Crippen LogP contribution in [0, 0.1) is 0 Å². The monoisotopic (exact) mass is 303 g/mol. The Morgan fingerprint density at radius 1 is 1.23 bits per heavy atom. The fraction of sp³-hybridized carbons (Fsp3) is 0.500. The Bertz CT molecular complexity index is 555. The summed E-state index contributed by atoms with van der Waals surface area (Å²) in [5.41, 5.74) is 2.14. The van der Waals surface area contributed by atoms with Gasteiger partial charge >= 0.3 is 6.03 Å². The van der Waals surface area contributed by atoms with Crippen molar-refractivity contribution in [2.45, 2.75) is 25.3 Å². The van der Waals surface area contributed by atoms with Crippen LogP contribution < -0.4 is 15.5 Å². The minimum atomic E-state index is -0.285. The number of urea groups is 1. The smallest absolute Gasteiger partial charge is 0.315 e. The number of fused-ring (bicyclic) bond motifs is 1. The molecule has 1 aromatic rings. The number of nitrogens with one attached hydrogen (secondary N) is 2. The summed E-state index contributed by atoms with van der Waals surface area (Å²) >= 11 is 0. The summed E-state index contributed by atoms with van der Waals surface area (Å²) in [4.78, 5) is 25.9. The number of hydrogen-bond acceptors (Lipinski definition) is 3.